The molecule has 0 aliphatic carbocycles. The first kappa shape index (κ1) is 22.5. The van der Waals surface area contributed by atoms with Gasteiger partial charge in [-0.25, -0.2) is 12.8 Å². The van der Waals surface area contributed by atoms with Crippen LogP contribution in [0.4, 0.5) is 10.1 Å². The van der Waals surface area contributed by atoms with Crippen molar-refractivity contribution in [2.24, 2.45) is 0 Å². The van der Waals surface area contributed by atoms with Gasteiger partial charge in [0.05, 0.1) is 17.2 Å². The summed E-state index contributed by atoms with van der Waals surface area (Å²) in [7, 11) is -4.06. The molecule has 3 aromatic rings. The lowest BCUT2D eigenvalue weighted by Crippen LogP contribution is -2.45. The van der Waals surface area contributed by atoms with Gasteiger partial charge in [0.15, 0.2) is 0 Å². The molecule has 162 valence electrons. The van der Waals surface area contributed by atoms with Gasteiger partial charge in [0.25, 0.3) is 0 Å². The predicted octanol–water partition coefficient (Wildman–Crippen LogP) is 3.75. The lowest BCUT2D eigenvalue weighted by molar-refractivity contribution is -0.117. The van der Waals surface area contributed by atoms with Gasteiger partial charge in [0.1, 0.15) is 17.6 Å². The molecule has 0 aromatic heterocycles. The van der Waals surface area contributed by atoms with Gasteiger partial charge in [-0.05, 0) is 55.3 Å². The highest BCUT2D eigenvalue weighted by Gasteiger charge is 2.27. The fourth-order valence-corrected chi connectivity index (χ4v) is 4.17. The summed E-state index contributed by atoms with van der Waals surface area (Å²) >= 11 is 0. The number of ether oxygens (including phenoxy) is 1. The minimum atomic E-state index is -4.06. The zero-order valence-electron chi connectivity index (χ0n) is 16.9. The smallest absolute Gasteiger partial charge is 0.243 e. The normalized spacial score (nSPS) is 12.2. The number of anilines is 1. The molecule has 0 heterocycles. The molecular formula is C23H23FN2O4S. The molecular weight excluding hydrogens is 419 g/mol. The van der Waals surface area contributed by atoms with Crippen LogP contribution in [0, 0.1) is 5.82 Å². The fraction of sp³-hybridized carbons (Fsp3) is 0.174. The highest BCUT2D eigenvalue weighted by molar-refractivity contribution is 7.89. The minimum Gasteiger partial charge on any atom is -0.492 e. The minimum absolute atomic E-state index is 0.129. The van der Waals surface area contributed by atoms with E-state index in [0.717, 1.165) is 29.8 Å². The van der Waals surface area contributed by atoms with Gasteiger partial charge in [-0.3, -0.25) is 4.79 Å². The first-order valence-electron chi connectivity index (χ1n) is 9.73. The largest absolute Gasteiger partial charge is 0.492 e. The molecule has 0 fully saturated rings. The molecule has 0 saturated heterocycles. The number of hydrogen-bond acceptors (Lipinski definition) is 4. The quantitative estimate of drug-likeness (QED) is 0.529. The number of nitrogens with one attached hydrogen (secondary N) is 2. The Balaban J connectivity index is 1.87. The lowest BCUT2D eigenvalue weighted by atomic mass is 10.1. The number of halogens is 1. The van der Waals surface area contributed by atoms with Crippen LogP contribution in [0.15, 0.2) is 83.8 Å². The number of carbonyl (C=O) groups is 1. The molecule has 2 N–H and O–H groups in total. The van der Waals surface area contributed by atoms with Crippen LogP contribution in [0.2, 0.25) is 0 Å². The molecule has 3 aromatic carbocycles. The molecule has 0 unspecified atom stereocenters. The number of carbonyl (C=O) groups excluding carboxylic acids is 1. The summed E-state index contributed by atoms with van der Waals surface area (Å²) in [5.74, 6) is -0.607. The number of sulfonamides is 1. The second-order valence-corrected chi connectivity index (χ2v) is 8.45. The van der Waals surface area contributed by atoms with Crippen molar-refractivity contribution >= 4 is 21.6 Å². The van der Waals surface area contributed by atoms with E-state index in [2.05, 4.69) is 10.0 Å². The van der Waals surface area contributed by atoms with E-state index in [1.54, 1.807) is 36.4 Å². The number of rotatable bonds is 9. The summed E-state index contributed by atoms with van der Waals surface area (Å²) in [5.41, 5.74) is 1.22. The number of para-hydroxylation sites is 2. The van der Waals surface area contributed by atoms with E-state index in [1.165, 1.54) is 0 Å². The maximum absolute atomic E-state index is 13.2. The van der Waals surface area contributed by atoms with Crippen molar-refractivity contribution < 1.29 is 22.3 Å². The molecule has 0 saturated carbocycles. The monoisotopic (exact) mass is 442 g/mol. The van der Waals surface area contributed by atoms with Crippen LogP contribution < -0.4 is 14.8 Å². The van der Waals surface area contributed by atoms with Crippen LogP contribution in [0.3, 0.4) is 0 Å². The average Bonchev–Trinajstić information content (AvgIpc) is 2.76. The van der Waals surface area contributed by atoms with Crippen LogP contribution in [0.25, 0.3) is 0 Å². The molecule has 31 heavy (non-hydrogen) atoms. The Labute approximate surface area is 181 Å². The van der Waals surface area contributed by atoms with Gasteiger partial charge in [0.2, 0.25) is 15.9 Å². The zero-order chi connectivity index (χ0) is 22.3. The molecule has 0 aliphatic heterocycles. The van der Waals surface area contributed by atoms with Gasteiger partial charge in [-0.1, -0.05) is 42.5 Å². The van der Waals surface area contributed by atoms with Crippen molar-refractivity contribution in [1.29, 1.82) is 0 Å². The van der Waals surface area contributed by atoms with E-state index in [0.29, 0.717) is 18.0 Å². The molecule has 3 rings (SSSR count). The third-order valence-electron chi connectivity index (χ3n) is 4.47. The number of benzene rings is 3. The van der Waals surface area contributed by atoms with E-state index in [9.17, 15) is 17.6 Å². The van der Waals surface area contributed by atoms with E-state index >= 15 is 0 Å². The Kier molecular flexibility index (Phi) is 7.38. The first-order chi connectivity index (χ1) is 14.9. The highest BCUT2D eigenvalue weighted by Crippen LogP contribution is 2.24. The van der Waals surface area contributed by atoms with Crippen LogP contribution in [-0.4, -0.2) is 27.0 Å². The first-order valence-corrected chi connectivity index (χ1v) is 11.2. The zero-order valence-corrected chi connectivity index (χ0v) is 17.7. The summed E-state index contributed by atoms with van der Waals surface area (Å²) < 4.78 is 46.8. The van der Waals surface area contributed by atoms with Crippen LogP contribution in [-0.2, 0) is 21.2 Å². The lowest BCUT2D eigenvalue weighted by Gasteiger charge is -2.20. The van der Waals surface area contributed by atoms with Gasteiger partial charge in [-0.2, -0.15) is 4.72 Å². The fourth-order valence-electron chi connectivity index (χ4n) is 2.98. The topological polar surface area (TPSA) is 84.5 Å². The summed E-state index contributed by atoms with van der Waals surface area (Å²) in [5, 5.41) is 2.75. The van der Waals surface area contributed by atoms with E-state index in [-0.39, 0.29) is 11.3 Å². The van der Waals surface area contributed by atoms with Gasteiger partial charge in [0, 0.05) is 0 Å². The maximum Gasteiger partial charge on any atom is 0.243 e. The van der Waals surface area contributed by atoms with Crippen LogP contribution >= 0.6 is 0 Å². The molecule has 8 heteroatoms. The summed E-state index contributed by atoms with van der Waals surface area (Å²) in [6.45, 7) is 2.24. The average molecular weight is 443 g/mol. The van der Waals surface area contributed by atoms with Gasteiger partial charge in [-0.15, -0.1) is 0 Å². The Morgan fingerprint density at radius 3 is 2.29 bits per heavy atom. The van der Waals surface area contributed by atoms with Crippen molar-refractivity contribution in [3.8, 4) is 5.75 Å². The van der Waals surface area contributed by atoms with Crippen molar-refractivity contribution in [2.75, 3.05) is 11.9 Å². The van der Waals surface area contributed by atoms with Crippen molar-refractivity contribution in [1.82, 2.24) is 4.72 Å². The Bertz CT molecular complexity index is 1120. The molecule has 1 atom stereocenters. The second-order valence-electron chi connectivity index (χ2n) is 6.74. The van der Waals surface area contributed by atoms with Gasteiger partial charge < -0.3 is 10.1 Å². The third kappa shape index (κ3) is 6.13. The molecule has 0 radical (unpaired) electrons. The van der Waals surface area contributed by atoms with E-state index in [1.807, 2.05) is 25.1 Å². The number of hydrogen-bond donors (Lipinski definition) is 2. The predicted molar refractivity (Wildman–Crippen MR) is 117 cm³/mol. The molecule has 0 aliphatic rings. The summed E-state index contributed by atoms with van der Waals surface area (Å²) in [6, 6.07) is 19.3. The molecule has 1 amide bonds. The number of amides is 1. The Morgan fingerprint density at radius 2 is 1.61 bits per heavy atom. The Morgan fingerprint density at radius 1 is 0.968 bits per heavy atom. The van der Waals surface area contributed by atoms with Crippen LogP contribution in [0.1, 0.15) is 12.5 Å². The van der Waals surface area contributed by atoms with Crippen LogP contribution in [0.5, 0.6) is 5.75 Å². The van der Waals surface area contributed by atoms with E-state index < -0.39 is 27.8 Å². The van der Waals surface area contributed by atoms with Gasteiger partial charge >= 0.3 is 0 Å². The van der Waals surface area contributed by atoms with Crippen molar-refractivity contribution in [2.45, 2.75) is 24.3 Å². The standard InChI is InChI=1S/C23H23FN2O4S/c1-2-30-22-11-7-6-10-20(22)25-23(27)21(16-17-8-4-3-5-9-17)26-31(28,29)19-14-12-18(24)13-15-19/h3-15,21,26H,2,16H2,1H3,(H,25,27)/t21-/m1/s1. The molecule has 6 nitrogen and oxygen atoms in total. The van der Waals surface area contributed by atoms with Crippen molar-refractivity contribution in [3.63, 3.8) is 0 Å². The Hall–Kier alpha value is -3.23. The van der Waals surface area contributed by atoms with E-state index in [4.69, 9.17) is 4.74 Å². The molecule has 0 spiro atoms. The third-order valence-corrected chi connectivity index (χ3v) is 5.95. The maximum atomic E-state index is 13.2. The molecule has 0 bridgehead atoms. The summed E-state index contributed by atoms with van der Waals surface area (Å²) in [6.07, 6.45) is 0.129. The second kappa shape index (κ2) is 10.2. The SMILES string of the molecule is CCOc1ccccc1NC(=O)[C@@H](Cc1ccccc1)NS(=O)(=O)c1ccc(F)cc1. The van der Waals surface area contributed by atoms with Crippen molar-refractivity contribution in [3.05, 3.63) is 90.2 Å². The highest BCUT2D eigenvalue weighted by atomic mass is 32.2. The summed E-state index contributed by atoms with van der Waals surface area (Å²) in [4.78, 5) is 13.0.